The molecule has 0 amide bonds. The van der Waals surface area contributed by atoms with Crippen molar-refractivity contribution < 1.29 is 4.79 Å². The number of nitrogens with one attached hydrogen (secondary N) is 2. The molecule has 1 aromatic heterocycles. The molecule has 2 N–H and O–H groups in total. The van der Waals surface area contributed by atoms with E-state index < -0.39 is 0 Å². The third-order valence-corrected chi connectivity index (χ3v) is 3.92. The Kier molecular flexibility index (Phi) is 5.16. The molecule has 3 rings (SSSR count). The van der Waals surface area contributed by atoms with Crippen LogP contribution in [0.4, 0.5) is 23.1 Å². The van der Waals surface area contributed by atoms with Crippen LogP contribution < -0.4 is 10.6 Å². The molecule has 0 aliphatic heterocycles. The lowest BCUT2D eigenvalue weighted by molar-refractivity contribution is 0.101. The number of ketones is 1. The van der Waals surface area contributed by atoms with Crippen molar-refractivity contribution in [2.75, 3.05) is 10.6 Å². The topological polar surface area (TPSA) is 66.9 Å². The SMILES string of the molecule is CC(=O)c1cccc(Nc2ccnc(Nc3ccc(Cl)cc3Cl)n2)c1. The van der Waals surface area contributed by atoms with E-state index in [4.69, 9.17) is 23.2 Å². The second-order valence-corrected chi connectivity index (χ2v) is 6.12. The Morgan fingerprint density at radius 3 is 2.64 bits per heavy atom. The van der Waals surface area contributed by atoms with E-state index in [0.717, 1.165) is 5.69 Å². The molecule has 0 fully saturated rings. The standard InChI is InChI=1S/C18H14Cl2N4O/c1-11(25)12-3-2-4-14(9-12)22-17-7-8-21-18(24-17)23-16-6-5-13(19)10-15(16)20/h2-10H,1H3,(H2,21,22,23,24). The molecular formula is C18H14Cl2N4O. The van der Waals surface area contributed by atoms with E-state index in [9.17, 15) is 4.79 Å². The van der Waals surface area contributed by atoms with Gasteiger partial charge in [0.2, 0.25) is 5.95 Å². The van der Waals surface area contributed by atoms with E-state index in [1.165, 1.54) is 6.92 Å². The first-order valence-corrected chi connectivity index (χ1v) is 8.20. The summed E-state index contributed by atoms with van der Waals surface area (Å²) in [5.74, 6) is 0.978. The zero-order valence-electron chi connectivity index (χ0n) is 13.3. The lowest BCUT2D eigenvalue weighted by Gasteiger charge is -2.10. The summed E-state index contributed by atoms with van der Waals surface area (Å²) in [6.07, 6.45) is 1.62. The fourth-order valence-corrected chi connectivity index (χ4v) is 2.62. The first kappa shape index (κ1) is 17.2. The van der Waals surface area contributed by atoms with E-state index in [0.29, 0.717) is 33.1 Å². The second-order valence-electron chi connectivity index (χ2n) is 5.28. The zero-order chi connectivity index (χ0) is 17.8. The molecule has 0 aliphatic carbocycles. The monoisotopic (exact) mass is 372 g/mol. The second kappa shape index (κ2) is 7.51. The lowest BCUT2D eigenvalue weighted by atomic mass is 10.1. The fraction of sp³-hybridized carbons (Fsp3) is 0.0556. The molecule has 5 nitrogen and oxygen atoms in total. The zero-order valence-corrected chi connectivity index (χ0v) is 14.8. The highest BCUT2D eigenvalue weighted by atomic mass is 35.5. The molecule has 0 unspecified atom stereocenters. The molecule has 0 saturated carbocycles. The van der Waals surface area contributed by atoms with Crippen LogP contribution in [0.25, 0.3) is 0 Å². The van der Waals surface area contributed by atoms with Gasteiger partial charge in [-0.3, -0.25) is 4.79 Å². The van der Waals surface area contributed by atoms with Gasteiger partial charge in [0.15, 0.2) is 5.78 Å². The Hall–Kier alpha value is -2.63. The van der Waals surface area contributed by atoms with Crippen molar-refractivity contribution in [2.45, 2.75) is 6.92 Å². The molecule has 7 heteroatoms. The number of Topliss-reactive ketones (excluding diaryl/α,β-unsaturated/α-hetero) is 1. The Bertz CT molecular complexity index is 930. The largest absolute Gasteiger partial charge is 0.340 e. The molecule has 126 valence electrons. The van der Waals surface area contributed by atoms with Gasteiger partial charge in [0.25, 0.3) is 0 Å². The highest BCUT2D eigenvalue weighted by Crippen LogP contribution is 2.27. The first-order valence-electron chi connectivity index (χ1n) is 7.44. The smallest absolute Gasteiger partial charge is 0.229 e. The highest BCUT2D eigenvalue weighted by molar-refractivity contribution is 6.36. The molecule has 3 aromatic rings. The third-order valence-electron chi connectivity index (χ3n) is 3.37. The van der Waals surface area contributed by atoms with Crippen LogP contribution in [0.1, 0.15) is 17.3 Å². The van der Waals surface area contributed by atoms with Gasteiger partial charge < -0.3 is 10.6 Å². The average molecular weight is 373 g/mol. The maximum Gasteiger partial charge on any atom is 0.229 e. The molecule has 1 heterocycles. The van der Waals surface area contributed by atoms with E-state index in [-0.39, 0.29) is 5.78 Å². The molecular weight excluding hydrogens is 359 g/mol. The van der Waals surface area contributed by atoms with Gasteiger partial charge in [0.05, 0.1) is 10.7 Å². The minimum Gasteiger partial charge on any atom is -0.340 e. The van der Waals surface area contributed by atoms with Crippen molar-refractivity contribution in [3.8, 4) is 0 Å². The number of rotatable bonds is 5. The van der Waals surface area contributed by atoms with Crippen molar-refractivity contribution in [1.29, 1.82) is 0 Å². The number of anilines is 4. The number of hydrogen-bond donors (Lipinski definition) is 2. The number of hydrogen-bond acceptors (Lipinski definition) is 5. The number of halogens is 2. The molecule has 0 spiro atoms. The maximum absolute atomic E-state index is 11.5. The molecule has 0 saturated heterocycles. The van der Waals surface area contributed by atoms with E-state index in [2.05, 4.69) is 20.6 Å². The van der Waals surface area contributed by atoms with Gasteiger partial charge >= 0.3 is 0 Å². The van der Waals surface area contributed by atoms with Crippen molar-refractivity contribution in [2.24, 2.45) is 0 Å². The van der Waals surface area contributed by atoms with Crippen molar-refractivity contribution >= 4 is 52.1 Å². The normalized spacial score (nSPS) is 10.4. The van der Waals surface area contributed by atoms with E-state index >= 15 is 0 Å². The summed E-state index contributed by atoms with van der Waals surface area (Å²) in [7, 11) is 0. The maximum atomic E-state index is 11.5. The summed E-state index contributed by atoms with van der Waals surface area (Å²) in [4.78, 5) is 20.0. The predicted octanol–water partition coefficient (Wildman–Crippen LogP) is 5.47. The molecule has 0 aliphatic rings. The lowest BCUT2D eigenvalue weighted by Crippen LogP contribution is -2.01. The van der Waals surface area contributed by atoms with Gasteiger partial charge in [-0.25, -0.2) is 4.98 Å². The van der Waals surface area contributed by atoms with Crippen LogP contribution in [0.5, 0.6) is 0 Å². The first-order chi connectivity index (χ1) is 12.0. The van der Waals surface area contributed by atoms with Crippen molar-refractivity contribution in [1.82, 2.24) is 9.97 Å². The summed E-state index contributed by atoms with van der Waals surface area (Å²) >= 11 is 12.0. The Labute approximate surface area is 155 Å². The number of carbonyl (C=O) groups is 1. The van der Waals surface area contributed by atoms with Crippen LogP contribution in [0.15, 0.2) is 54.7 Å². The van der Waals surface area contributed by atoms with Gasteiger partial charge in [-0.1, -0.05) is 35.3 Å². The number of carbonyl (C=O) groups excluding carboxylic acids is 1. The van der Waals surface area contributed by atoms with Crippen LogP contribution >= 0.6 is 23.2 Å². The molecule has 2 aromatic carbocycles. The van der Waals surface area contributed by atoms with Gasteiger partial charge in [0.1, 0.15) is 5.82 Å². The summed E-state index contributed by atoms with van der Waals surface area (Å²) in [6.45, 7) is 1.53. The number of aromatic nitrogens is 2. The van der Waals surface area contributed by atoms with Crippen LogP contribution in [0.2, 0.25) is 10.0 Å². The predicted molar refractivity (Wildman–Crippen MR) is 102 cm³/mol. The summed E-state index contributed by atoms with van der Waals surface area (Å²) in [5.41, 5.74) is 2.05. The Morgan fingerprint density at radius 2 is 1.88 bits per heavy atom. The molecule has 0 radical (unpaired) electrons. The Balaban J connectivity index is 1.79. The fourth-order valence-electron chi connectivity index (χ4n) is 2.16. The minimum atomic E-state index is 0.00562. The summed E-state index contributed by atoms with van der Waals surface area (Å²) in [6, 6.07) is 14.1. The average Bonchev–Trinajstić information content (AvgIpc) is 2.58. The minimum absolute atomic E-state index is 0.00562. The molecule has 25 heavy (non-hydrogen) atoms. The summed E-state index contributed by atoms with van der Waals surface area (Å²) < 4.78 is 0. The van der Waals surface area contributed by atoms with Gasteiger partial charge in [-0.2, -0.15) is 4.98 Å². The molecule has 0 bridgehead atoms. The highest BCUT2D eigenvalue weighted by Gasteiger charge is 2.06. The van der Waals surface area contributed by atoms with Crippen LogP contribution in [0.3, 0.4) is 0 Å². The summed E-state index contributed by atoms with van der Waals surface area (Å²) in [5, 5.41) is 7.23. The van der Waals surface area contributed by atoms with Crippen molar-refractivity contribution in [3.05, 3.63) is 70.3 Å². The van der Waals surface area contributed by atoms with E-state index in [1.54, 1.807) is 42.6 Å². The van der Waals surface area contributed by atoms with E-state index in [1.807, 2.05) is 12.1 Å². The third kappa shape index (κ3) is 4.47. The molecule has 0 atom stereocenters. The number of nitrogens with zero attached hydrogens (tertiary/aromatic N) is 2. The van der Waals surface area contributed by atoms with Gasteiger partial charge in [-0.05, 0) is 43.3 Å². The van der Waals surface area contributed by atoms with Gasteiger partial charge in [0, 0.05) is 22.5 Å². The van der Waals surface area contributed by atoms with Crippen molar-refractivity contribution in [3.63, 3.8) is 0 Å². The van der Waals surface area contributed by atoms with Crippen LogP contribution in [-0.2, 0) is 0 Å². The van der Waals surface area contributed by atoms with Crippen LogP contribution in [0, 0.1) is 0 Å². The number of benzene rings is 2. The quantitative estimate of drug-likeness (QED) is 0.580. The van der Waals surface area contributed by atoms with Gasteiger partial charge in [-0.15, -0.1) is 0 Å². The van der Waals surface area contributed by atoms with Crippen LogP contribution in [-0.4, -0.2) is 15.8 Å². The Morgan fingerprint density at radius 1 is 1.04 bits per heavy atom.